The Morgan fingerprint density at radius 3 is 2.67 bits per heavy atom. The molecule has 0 saturated heterocycles. The minimum Gasteiger partial charge on any atom is -0.298 e. The van der Waals surface area contributed by atoms with Crippen LogP contribution < -0.4 is 0 Å². The number of halogens is 1. The van der Waals surface area contributed by atoms with Crippen molar-refractivity contribution in [3.05, 3.63) is 35.6 Å². The summed E-state index contributed by atoms with van der Waals surface area (Å²) >= 11 is 0. The third kappa shape index (κ3) is 1.92. The lowest BCUT2D eigenvalue weighted by atomic mass is 9.86. The van der Waals surface area contributed by atoms with Gasteiger partial charge in [0.1, 0.15) is 11.7 Å². The van der Waals surface area contributed by atoms with E-state index in [0.717, 1.165) is 12.8 Å². The summed E-state index contributed by atoms with van der Waals surface area (Å²) in [5, 5.41) is 9.18. The summed E-state index contributed by atoms with van der Waals surface area (Å²) in [6.07, 6.45) is 3.11. The van der Waals surface area contributed by atoms with Crippen molar-refractivity contribution in [1.82, 2.24) is 0 Å². The molecule has 2 saturated carbocycles. The van der Waals surface area contributed by atoms with Gasteiger partial charge in [-0.1, -0.05) is 12.1 Å². The summed E-state index contributed by atoms with van der Waals surface area (Å²) in [5.41, 5.74) is 0.489. The van der Waals surface area contributed by atoms with Gasteiger partial charge in [0, 0.05) is 5.92 Å². The van der Waals surface area contributed by atoms with Crippen LogP contribution in [0.15, 0.2) is 24.3 Å². The Morgan fingerprint density at radius 2 is 2.06 bits per heavy atom. The van der Waals surface area contributed by atoms with Crippen LogP contribution in [0.4, 0.5) is 4.39 Å². The molecule has 2 aliphatic carbocycles. The van der Waals surface area contributed by atoms with Crippen molar-refractivity contribution in [2.45, 2.75) is 25.2 Å². The topological polar surface area (TPSA) is 40.9 Å². The molecule has 0 N–H and O–H groups in total. The first-order valence-electron chi connectivity index (χ1n) is 6.38. The molecule has 0 aliphatic heterocycles. The fourth-order valence-electron chi connectivity index (χ4n) is 3.17. The molecule has 3 rings (SSSR count). The van der Waals surface area contributed by atoms with Crippen LogP contribution in [0.25, 0.3) is 0 Å². The average molecular weight is 243 g/mol. The zero-order valence-corrected chi connectivity index (χ0v) is 9.97. The van der Waals surface area contributed by atoms with Gasteiger partial charge < -0.3 is 0 Å². The smallest absolute Gasteiger partial charge is 0.157 e. The van der Waals surface area contributed by atoms with Crippen LogP contribution in [-0.2, 0) is 4.79 Å². The minimum absolute atomic E-state index is 0.0154. The number of ketones is 1. The van der Waals surface area contributed by atoms with Gasteiger partial charge in [0.2, 0.25) is 0 Å². The average Bonchev–Trinajstić information content (AvgIpc) is 2.97. The van der Waals surface area contributed by atoms with Gasteiger partial charge in [-0.3, -0.25) is 4.79 Å². The second-order valence-electron chi connectivity index (χ2n) is 5.44. The van der Waals surface area contributed by atoms with E-state index in [-0.39, 0.29) is 11.7 Å². The summed E-state index contributed by atoms with van der Waals surface area (Å²) in [4.78, 5) is 12.3. The number of hydrogen-bond donors (Lipinski definition) is 0. The van der Waals surface area contributed by atoms with E-state index < -0.39 is 11.7 Å². The lowest BCUT2D eigenvalue weighted by Gasteiger charge is -2.15. The van der Waals surface area contributed by atoms with Gasteiger partial charge >= 0.3 is 0 Å². The Labute approximate surface area is 105 Å². The second kappa shape index (κ2) is 4.20. The molecular formula is C15H14FNO. The van der Waals surface area contributed by atoms with E-state index >= 15 is 0 Å². The molecule has 0 bridgehead atoms. The largest absolute Gasteiger partial charge is 0.298 e. The van der Waals surface area contributed by atoms with Crippen LogP contribution in [0.3, 0.4) is 0 Å². The van der Waals surface area contributed by atoms with Gasteiger partial charge in [-0.15, -0.1) is 0 Å². The minimum atomic E-state index is -0.803. The molecule has 3 heteroatoms. The van der Waals surface area contributed by atoms with E-state index in [1.807, 2.05) is 6.07 Å². The molecule has 3 unspecified atom stereocenters. The number of nitriles is 1. The third-order valence-corrected chi connectivity index (χ3v) is 4.24. The molecular weight excluding hydrogens is 229 g/mol. The maximum absolute atomic E-state index is 13.2. The molecule has 0 spiro atoms. The number of Topliss-reactive ketones (excluding diaryl/α,β-unsaturated/α-hetero) is 1. The van der Waals surface area contributed by atoms with Crippen molar-refractivity contribution in [2.75, 3.05) is 0 Å². The Balaban J connectivity index is 1.80. The van der Waals surface area contributed by atoms with Crippen LogP contribution in [0, 0.1) is 34.9 Å². The Morgan fingerprint density at radius 1 is 1.33 bits per heavy atom. The highest BCUT2D eigenvalue weighted by molar-refractivity contribution is 5.90. The van der Waals surface area contributed by atoms with Gasteiger partial charge in [0.25, 0.3) is 0 Å². The monoisotopic (exact) mass is 243 g/mol. The molecule has 0 radical (unpaired) electrons. The van der Waals surface area contributed by atoms with Crippen molar-refractivity contribution < 1.29 is 9.18 Å². The maximum Gasteiger partial charge on any atom is 0.157 e. The molecule has 3 atom stereocenters. The number of rotatable bonds is 3. The van der Waals surface area contributed by atoms with Gasteiger partial charge in [0.05, 0.1) is 6.07 Å². The third-order valence-electron chi connectivity index (χ3n) is 4.24. The summed E-state index contributed by atoms with van der Waals surface area (Å²) in [6, 6.07) is 7.86. The fourth-order valence-corrected chi connectivity index (χ4v) is 3.17. The summed E-state index contributed by atoms with van der Waals surface area (Å²) < 4.78 is 13.2. The van der Waals surface area contributed by atoms with E-state index in [2.05, 4.69) is 0 Å². The Hall–Kier alpha value is -1.69. The SMILES string of the molecule is N#CC(C(=O)C1CC2CC2C1)c1cccc(F)c1. The van der Waals surface area contributed by atoms with Crippen LogP contribution in [0.2, 0.25) is 0 Å². The van der Waals surface area contributed by atoms with Gasteiger partial charge in [-0.05, 0) is 48.8 Å². The predicted molar refractivity (Wildman–Crippen MR) is 64.1 cm³/mol. The van der Waals surface area contributed by atoms with E-state index in [1.54, 1.807) is 12.1 Å². The van der Waals surface area contributed by atoms with E-state index in [0.29, 0.717) is 17.4 Å². The molecule has 18 heavy (non-hydrogen) atoms. The Kier molecular flexibility index (Phi) is 2.66. The number of fused-ring (bicyclic) bond motifs is 1. The first kappa shape index (κ1) is 11.4. The summed E-state index contributed by atoms with van der Waals surface area (Å²) in [7, 11) is 0. The first-order valence-corrected chi connectivity index (χ1v) is 6.38. The van der Waals surface area contributed by atoms with Crippen LogP contribution in [0.5, 0.6) is 0 Å². The highest BCUT2D eigenvalue weighted by Gasteiger charge is 2.49. The van der Waals surface area contributed by atoms with E-state index in [1.165, 1.54) is 18.6 Å². The zero-order valence-electron chi connectivity index (χ0n) is 9.97. The number of carbonyl (C=O) groups excluding carboxylic acids is 1. The van der Waals surface area contributed by atoms with Crippen molar-refractivity contribution in [1.29, 1.82) is 5.26 Å². The van der Waals surface area contributed by atoms with Gasteiger partial charge in [-0.2, -0.15) is 5.26 Å². The molecule has 2 fully saturated rings. The van der Waals surface area contributed by atoms with Crippen molar-refractivity contribution in [3.63, 3.8) is 0 Å². The molecule has 2 nitrogen and oxygen atoms in total. The summed E-state index contributed by atoms with van der Waals surface area (Å²) in [5.74, 6) is 0.228. The lowest BCUT2D eigenvalue weighted by molar-refractivity contribution is -0.123. The molecule has 0 amide bonds. The molecule has 0 heterocycles. The molecule has 1 aromatic carbocycles. The molecule has 0 aromatic heterocycles. The van der Waals surface area contributed by atoms with Gasteiger partial charge in [0.15, 0.2) is 5.78 Å². The van der Waals surface area contributed by atoms with Crippen molar-refractivity contribution in [3.8, 4) is 6.07 Å². The lowest BCUT2D eigenvalue weighted by Crippen LogP contribution is -2.20. The standard InChI is InChI=1S/C15H14FNO/c16-13-3-1-2-9(7-13)14(8-17)15(18)12-5-10-4-11(10)6-12/h1-3,7,10-12,14H,4-6H2. The predicted octanol–water partition coefficient (Wildman–Crippen LogP) is 3.05. The Bertz CT molecular complexity index is 524. The number of carbonyl (C=O) groups is 1. The first-order chi connectivity index (χ1) is 8.69. The summed E-state index contributed by atoms with van der Waals surface area (Å²) in [6.45, 7) is 0. The molecule has 2 aliphatic rings. The van der Waals surface area contributed by atoms with E-state index in [4.69, 9.17) is 0 Å². The number of nitrogens with zero attached hydrogens (tertiary/aromatic N) is 1. The fraction of sp³-hybridized carbons (Fsp3) is 0.467. The highest BCUT2D eigenvalue weighted by Crippen LogP contribution is 2.55. The zero-order chi connectivity index (χ0) is 12.7. The van der Waals surface area contributed by atoms with Crippen LogP contribution in [0.1, 0.15) is 30.7 Å². The van der Waals surface area contributed by atoms with Crippen LogP contribution in [-0.4, -0.2) is 5.78 Å². The van der Waals surface area contributed by atoms with Crippen molar-refractivity contribution in [2.24, 2.45) is 17.8 Å². The molecule has 92 valence electrons. The molecule has 1 aromatic rings. The van der Waals surface area contributed by atoms with Gasteiger partial charge in [-0.25, -0.2) is 4.39 Å². The van der Waals surface area contributed by atoms with E-state index in [9.17, 15) is 14.4 Å². The quantitative estimate of drug-likeness (QED) is 0.818. The second-order valence-corrected chi connectivity index (χ2v) is 5.44. The highest BCUT2D eigenvalue weighted by atomic mass is 19.1. The van der Waals surface area contributed by atoms with Crippen molar-refractivity contribution >= 4 is 5.78 Å². The maximum atomic E-state index is 13.2. The number of hydrogen-bond acceptors (Lipinski definition) is 2. The van der Waals surface area contributed by atoms with Crippen LogP contribution >= 0.6 is 0 Å². The normalized spacial score (nSPS) is 30.3. The number of benzene rings is 1.